The molecule has 16 heteroatoms. The number of hydrogen-bond acceptors (Lipinski definition) is 6. The maximum Gasteiger partial charge on any atom is 0.258 e. The second-order valence-electron chi connectivity index (χ2n) is 12.5. The Morgan fingerprint density at radius 2 is 1.49 bits per heavy atom. The Labute approximate surface area is 309 Å². The Morgan fingerprint density at radius 3 is 2.12 bits per heavy atom. The maximum atomic E-state index is 15.2. The first-order valence-corrected chi connectivity index (χ1v) is 17.1. The first kappa shape index (κ1) is 35.4. The molecule has 2 saturated heterocycles. The first-order valence-electron chi connectivity index (χ1n) is 15.2. The average molecular weight is 859 g/mol. The van der Waals surface area contributed by atoms with Crippen LogP contribution in [0.3, 0.4) is 0 Å². The molecule has 4 aliphatic rings. The largest absolute Gasteiger partial charge is 0.504 e. The van der Waals surface area contributed by atoms with Gasteiger partial charge in [0.15, 0.2) is 44.5 Å². The van der Waals surface area contributed by atoms with Crippen LogP contribution in [0.2, 0.25) is 0 Å². The summed E-state index contributed by atoms with van der Waals surface area (Å²) in [7, 11) is 1.31. The number of carbonyl (C=O) groups excluding carboxylic acids is 4. The summed E-state index contributed by atoms with van der Waals surface area (Å²) in [6.45, 7) is 0. The van der Waals surface area contributed by atoms with Crippen molar-refractivity contribution in [3.63, 3.8) is 0 Å². The summed E-state index contributed by atoms with van der Waals surface area (Å²) >= 11 is 16.2. The average Bonchev–Trinajstić information content (AvgIpc) is 3.45. The van der Waals surface area contributed by atoms with E-state index in [1.807, 2.05) is 0 Å². The molecule has 2 heterocycles. The first-order chi connectivity index (χ1) is 24.1. The van der Waals surface area contributed by atoms with Crippen LogP contribution in [-0.2, 0) is 19.2 Å². The lowest BCUT2D eigenvalue weighted by Crippen LogP contribution is -2.60. The number of carbonyl (C=O) groups is 4. The lowest BCUT2D eigenvalue weighted by molar-refractivity contribution is -0.125. The van der Waals surface area contributed by atoms with Gasteiger partial charge in [0.1, 0.15) is 5.69 Å². The lowest BCUT2D eigenvalue weighted by Gasteiger charge is -2.49. The Bertz CT molecular complexity index is 2120. The number of hydrogen-bond donors (Lipinski definition) is 1. The molecule has 1 N–H and O–H groups in total. The molecule has 51 heavy (non-hydrogen) atoms. The van der Waals surface area contributed by atoms with Crippen molar-refractivity contribution >= 4 is 86.9 Å². The molecule has 264 valence electrons. The van der Waals surface area contributed by atoms with Crippen molar-refractivity contribution in [2.24, 2.45) is 23.7 Å². The van der Waals surface area contributed by atoms with Gasteiger partial charge in [-0.2, -0.15) is 0 Å². The van der Waals surface area contributed by atoms with Crippen molar-refractivity contribution < 1.29 is 51.0 Å². The molecule has 8 nitrogen and oxygen atoms in total. The van der Waals surface area contributed by atoms with E-state index >= 15 is 8.78 Å². The van der Waals surface area contributed by atoms with Gasteiger partial charge in [0.05, 0.1) is 24.6 Å². The Morgan fingerprint density at radius 1 is 0.863 bits per heavy atom. The summed E-state index contributed by atoms with van der Waals surface area (Å²) in [6.07, 6.45) is 3.78. The molecule has 6 atom stereocenters. The van der Waals surface area contributed by atoms with Gasteiger partial charge in [-0.3, -0.25) is 24.1 Å². The highest BCUT2D eigenvalue weighted by molar-refractivity contribution is 14.1. The van der Waals surface area contributed by atoms with Gasteiger partial charge in [0, 0.05) is 9.49 Å². The van der Waals surface area contributed by atoms with E-state index in [1.165, 1.54) is 37.5 Å². The molecule has 3 aromatic carbocycles. The van der Waals surface area contributed by atoms with E-state index in [0.29, 0.717) is 16.8 Å². The third kappa shape index (κ3) is 4.88. The monoisotopic (exact) mass is 858 g/mol. The van der Waals surface area contributed by atoms with Crippen molar-refractivity contribution in [2.45, 2.75) is 22.6 Å². The van der Waals surface area contributed by atoms with Gasteiger partial charge < -0.3 is 9.84 Å². The third-order valence-electron chi connectivity index (χ3n) is 10.0. The van der Waals surface area contributed by atoms with Gasteiger partial charge in [0.25, 0.3) is 11.8 Å². The van der Waals surface area contributed by atoms with Crippen LogP contribution in [0.4, 0.5) is 33.3 Å². The third-order valence-corrected chi connectivity index (χ3v) is 12.2. The van der Waals surface area contributed by atoms with E-state index in [2.05, 4.69) is 22.6 Å². The number of amides is 4. The Kier molecular flexibility index (Phi) is 8.53. The predicted molar refractivity (Wildman–Crippen MR) is 183 cm³/mol. The van der Waals surface area contributed by atoms with Crippen molar-refractivity contribution in [3.8, 4) is 11.5 Å². The minimum absolute atomic E-state index is 0.00502. The zero-order chi connectivity index (χ0) is 36.9. The summed E-state index contributed by atoms with van der Waals surface area (Å²) in [4.78, 5) is 52.0. The minimum atomic E-state index is -2.64. The number of methoxy groups -OCH3 is 1. The van der Waals surface area contributed by atoms with Gasteiger partial charge in [0.2, 0.25) is 17.6 Å². The Hall–Kier alpha value is -4.02. The molecule has 3 fully saturated rings. The SMILES string of the molecule is COc1cc(C=CC2C3=CCC4C(=O)N(c5ccc(I)cc5)C(=O)C4C3CC3(Cl)C(=O)N(c4c(F)c(F)c(F)c(F)c4F)C(=O)C23Cl)ccc1O. The van der Waals surface area contributed by atoms with Crippen LogP contribution in [0.1, 0.15) is 18.4 Å². The second-order valence-corrected chi connectivity index (χ2v) is 15.0. The molecule has 6 unspecified atom stereocenters. The summed E-state index contributed by atoms with van der Waals surface area (Å²) in [6, 6.07) is 10.8. The highest BCUT2D eigenvalue weighted by Crippen LogP contribution is 2.64. The zero-order valence-corrected chi connectivity index (χ0v) is 29.6. The van der Waals surface area contributed by atoms with Crippen LogP contribution in [0.15, 0.2) is 60.2 Å². The topological polar surface area (TPSA) is 104 Å². The summed E-state index contributed by atoms with van der Waals surface area (Å²) in [5.74, 6) is -21.2. The standard InChI is InChI=1S/C35H22Cl2F5IN2O6/c1-51-22-12-14(3-11-21(22)46)2-10-20-17-8-9-18-23(31(48)44(30(18)47)16-6-4-15(43)5-7-16)19(17)13-34(36)32(49)45(33(50)35(20,34)37)29-27(41)25(39)24(38)26(40)28(29)42/h2-8,10-12,18-20,23,46H,9,13H2,1H3. The quantitative estimate of drug-likeness (QED) is 0.0564. The highest BCUT2D eigenvalue weighted by Gasteiger charge is 2.76. The zero-order valence-electron chi connectivity index (χ0n) is 25.9. The number of aromatic hydroxyl groups is 1. The van der Waals surface area contributed by atoms with E-state index in [4.69, 9.17) is 27.9 Å². The van der Waals surface area contributed by atoms with Crippen LogP contribution >= 0.6 is 45.8 Å². The summed E-state index contributed by atoms with van der Waals surface area (Å²) in [5.41, 5.74) is -0.872. The van der Waals surface area contributed by atoms with E-state index in [9.17, 15) is 37.5 Å². The molecule has 0 spiro atoms. The summed E-state index contributed by atoms with van der Waals surface area (Å²) < 4.78 is 79.2. The number of alkyl halides is 2. The van der Waals surface area contributed by atoms with Crippen molar-refractivity contribution in [2.75, 3.05) is 16.9 Å². The van der Waals surface area contributed by atoms with Crippen molar-refractivity contribution in [1.82, 2.24) is 0 Å². The number of anilines is 2. The summed E-state index contributed by atoms with van der Waals surface area (Å²) in [5, 5.41) is 10.1. The van der Waals surface area contributed by atoms with Gasteiger partial charge in [-0.25, -0.2) is 26.9 Å². The molecule has 0 aromatic heterocycles. The number of nitrogens with zero attached hydrogens (tertiary/aromatic N) is 2. The molecule has 2 aliphatic carbocycles. The van der Waals surface area contributed by atoms with E-state index < -0.39 is 98.2 Å². The normalized spacial score (nSPS) is 28.7. The van der Waals surface area contributed by atoms with Gasteiger partial charge in [-0.05, 0) is 83.3 Å². The molecule has 1 saturated carbocycles. The number of allylic oxidation sites excluding steroid dienone is 3. The van der Waals surface area contributed by atoms with E-state index in [1.54, 1.807) is 30.3 Å². The van der Waals surface area contributed by atoms with E-state index in [-0.39, 0.29) is 22.8 Å². The number of phenols is 1. The number of fused-ring (bicyclic) bond motifs is 4. The predicted octanol–water partition coefficient (Wildman–Crippen LogP) is 7.01. The number of phenolic OH excluding ortho intramolecular Hbond substituents is 1. The maximum absolute atomic E-state index is 15.2. The van der Waals surface area contributed by atoms with Crippen LogP contribution in [0, 0.1) is 56.3 Å². The number of ether oxygens (including phenoxy) is 1. The highest BCUT2D eigenvalue weighted by atomic mass is 127. The number of benzene rings is 3. The fourth-order valence-corrected chi connectivity index (χ4v) is 8.91. The molecule has 7 rings (SSSR count). The van der Waals surface area contributed by atoms with Crippen LogP contribution in [0.5, 0.6) is 11.5 Å². The second kappa shape index (κ2) is 12.3. The molecular weight excluding hydrogens is 837 g/mol. The molecular formula is C35H22Cl2F5IN2O6. The Balaban J connectivity index is 1.40. The fraction of sp³-hybridized carbons (Fsp3) is 0.257. The number of rotatable bonds is 5. The molecule has 0 radical (unpaired) electrons. The van der Waals surface area contributed by atoms with E-state index in [0.717, 1.165) is 8.47 Å². The van der Waals surface area contributed by atoms with Gasteiger partial charge in [-0.15, -0.1) is 23.2 Å². The van der Waals surface area contributed by atoms with Gasteiger partial charge >= 0.3 is 0 Å². The molecule has 4 amide bonds. The van der Waals surface area contributed by atoms with Crippen molar-refractivity contribution in [3.05, 3.63) is 98.4 Å². The fourth-order valence-electron chi connectivity index (χ4n) is 7.66. The minimum Gasteiger partial charge on any atom is -0.504 e. The van der Waals surface area contributed by atoms with Crippen LogP contribution < -0.4 is 14.5 Å². The molecule has 3 aromatic rings. The molecule has 0 bridgehead atoms. The number of imide groups is 2. The van der Waals surface area contributed by atoms with Crippen molar-refractivity contribution in [1.29, 1.82) is 0 Å². The lowest BCUT2D eigenvalue weighted by atomic mass is 9.57. The van der Waals surface area contributed by atoms with Crippen LogP contribution in [-0.4, -0.2) is 45.6 Å². The number of halogens is 8. The smallest absolute Gasteiger partial charge is 0.258 e. The van der Waals surface area contributed by atoms with Gasteiger partial charge in [-0.1, -0.05) is 29.9 Å². The molecule has 2 aliphatic heterocycles. The van der Waals surface area contributed by atoms with Crippen LogP contribution in [0.25, 0.3) is 6.08 Å².